The minimum atomic E-state index is -1.16. The summed E-state index contributed by atoms with van der Waals surface area (Å²) >= 11 is 0. The summed E-state index contributed by atoms with van der Waals surface area (Å²) in [5, 5.41) is 8.17. The molecule has 0 aliphatic carbocycles. The van der Waals surface area contributed by atoms with Crippen molar-refractivity contribution in [1.82, 2.24) is 14.8 Å². The fourth-order valence-corrected chi connectivity index (χ4v) is 2.98. The smallest absolute Gasteiger partial charge is 0.248 e. The van der Waals surface area contributed by atoms with Crippen molar-refractivity contribution in [2.75, 3.05) is 0 Å². The molecule has 29 heavy (non-hydrogen) atoms. The molecule has 0 aliphatic rings. The first-order chi connectivity index (χ1) is 13.6. The number of primary amides is 1. The van der Waals surface area contributed by atoms with Crippen LogP contribution in [-0.4, -0.2) is 20.7 Å². The molecule has 3 rings (SSSR count). The van der Waals surface area contributed by atoms with Gasteiger partial charge in [0.05, 0.1) is 5.56 Å². The Labute approximate surface area is 165 Å². The lowest BCUT2D eigenvalue weighted by Gasteiger charge is -2.26. The summed E-state index contributed by atoms with van der Waals surface area (Å²) in [5.74, 6) is -2.62. The molecule has 152 valence electrons. The topological polar surface area (TPSA) is 83.0 Å². The third-order valence-corrected chi connectivity index (χ3v) is 4.36. The van der Waals surface area contributed by atoms with Gasteiger partial charge in [-0.1, -0.05) is 0 Å². The molecule has 0 saturated carbocycles. The van der Waals surface area contributed by atoms with Crippen LogP contribution in [0.1, 0.15) is 37.0 Å². The number of hydrogen-bond acceptors (Lipinski definition) is 4. The highest BCUT2D eigenvalue weighted by molar-refractivity contribution is 5.93. The maximum Gasteiger partial charge on any atom is 0.248 e. The third-order valence-electron chi connectivity index (χ3n) is 4.36. The summed E-state index contributed by atoms with van der Waals surface area (Å²) in [5.41, 5.74) is 4.17. The van der Waals surface area contributed by atoms with E-state index in [0.717, 1.165) is 18.2 Å². The number of carbonyl (C=O) groups excluding carboxylic acids is 1. The van der Waals surface area contributed by atoms with Gasteiger partial charge in [0.15, 0.2) is 28.8 Å². The fraction of sp³-hybridized carbons (Fsp3) is 0.250. The van der Waals surface area contributed by atoms with E-state index >= 15 is 0 Å². The van der Waals surface area contributed by atoms with Crippen molar-refractivity contribution in [3.8, 4) is 17.1 Å². The van der Waals surface area contributed by atoms with Crippen LogP contribution in [0.3, 0.4) is 0 Å². The van der Waals surface area contributed by atoms with E-state index in [0.29, 0.717) is 12.4 Å². The normalized spacial score (nSPS) is 11.5. The zero-order valence-corrected chi connectivity index (χ0v) is 16.0. The molecule has 2 aromatic carbocycles. The van der Waals surface area contributed by atoms with Gasteiger partial charge in [-0.15, -0.1) is 10.2 Å². The molecule has 0 fully saturated rings. The van der Waals surface area contributed by atoms with Gasteiger partial charge in [0.1, 0.15) is 11.6 Å². The van der Waals surface area contributed by atoms with Crippen molar-refractivity contribution in [2.24, 2.45) is 5.73 Å². The number of benzene rings is 2. The Morgan fingerprint density at radius 2 is 1.83 bits per heavy atom. The molecule has 0 spiro atoms. The highest BCUT2D eigenvalue weighted by Gasteiger charge is 2.32. The first kappa shape index (κ1) is 20.4. The number of carbonyl (C=O) groups is 1. The second-order valence-electron chi connectivity index (χ2n) is 6.84. The van der Waals surface area contributed by atoms with E-state index in [1.54, 1.807) is 25.3 Å². The van der Waals surface area contributed by atoms with Crippen LogP contribution < -0.4 is 10.5 Å². The molecule has 0 bridgehead atoms. The zero-order valence-electron chi connectivity index (χ0n) is 16.0. The van der Waals surface area contributed by atoms with Crippen molar-refractivity contribution in [3.63, 3.8) is 0 Å². The number of hydrogen-bond donors (Lipinski definition) is 1. The van der Waals surface area contributed by atoms with Crippen molar-refractivity contribution < 1.29 is 22.7 Å². The van der Waals surface area contributed by atoms with Gasteiger partial charge in [0, 0.05) is 18.2 Å². The number of rotatable bonds is 6. The minimum absolute atomic E-state index is 0.0319. The lowest BCUT2D eigenvalue weighted by molar-refractivity contribution is 0.0883. The van der Waals surface area contributed by atoms with Gasteiger partial charge in [0.2, 0.25) is 5.91 Å². The Hall–Kier alpha value is -3.36. The quantitative estimate of drug-likeness (QED) is 0.678. The molecule has 0 saturated heterocycles. The van der Waals surface area contributed by atoms with E-state index in [4.69, 9.17) is 10.5 Å². The maximum absolute atomic E-state index is 14.6. The first-order valence-electron chi connectivity index (χ1n) is 8.81. The summed E-state index contributed by atoms with van der Waals surface area (Å²) in [7, 11) is 0. The highest BCUT2D eigenvalue weighted by Crippen LogP contribution is 2.32. The van der Waals surface area contributed by atoms with Crippen LogP contribution in [0.4, 0.5) is 13.2 Å². The molecule has 0 atom stereocenters. The van der Waals surface area contributed by atoms with Gasteiger partial charge in [0.25, 0.3) is 0 Å². The second kappa shape index (κ2) is 7.57. The van der Waals surface area contributed by atoms with Gasteiger partial charge in [-0.05, 0) is 51.1 Å². The van der Waals surface area contributed by atoms with Gasteiger partial charge in [-0.25, -0.2) is 13.2 Å². The van der Waals surface area contributed by atoms with Crippen molar-refractivity contribution in [2.45, 2.75) is 32.9 Å². The Kier molecular flexibility index (Phi) is 5.32. The third kappa shape index (κ3) is 3.94. The Morgan fingerprint density at radius 1 is 1.10 bits per heavy atom. The molecule has 0 radical (unpaired) electrons. The Morgan fingerprint density at radius 3 is 2.41 bits per heavy atom. The standard InChI is InChI=1S/C20H19F3N4O2/c1-4-27-18(13-7-5-11(17(24)28)9-14(13)22)25-26-19(27)20(2,3)29-16-8-6-12(21)10-15(16)23/h5-10H,4H2,1-3H3,(H2,24,28). The van der Waals surface area contributed by atoms with Gasteiger partial charge >= 0.3 is 0 Å². The summed E-state index contributed by atoms with van der Waals surface area (Å²) in [6.07, 6.45) is 0. The molecule has 2 N–H and O–H groups in total. The number of amides is 1. The Bertz CT molecular complexity index is 1080. The molecule has 1 heterocycles. The molecule has 9 heteroatoms. The summed E-state index contributed by atoms with van der Waals surface area (Å²) in [4.78, 5) is 11.2. The summed E-state index contributed by atoms with van der Waals surface area (Å²) in [6, 6.07) is 6.80. The molecular formula is C20H19F3N4O2. The molecule has 1 aromatic heterocycles. The van der Waals surface area contributed by atoms with E-state index in [1.807, 2.05) is 0 Å². The summed E-state index contributed by atoms with van der Waals surface area (Å²) < 4.78 is 49.0. The van der Waals surface area contributed by atoms with Gasteiger partial charge in [-0.2, -0.15) is 0 Å². The highest BCUT2D eigenvalue weighted by atomic mass is 19.1. The van der Waals surface area contributed by atoms with Crippen molar-refractivity contribution >= 4 is 5.91 Å². The predicted molar refractivity (Wildman–Crippen MR) is 99.6 cm³/mol. The van der Waals surface area contributed by atoms with Crippen LogP contribution in [-0.2, 0) is 12.1 Å². The largest absolute Gasteiger partial charge is 0.477 e. The van der Waals surface area contributed by atoms with E-state index in [1.165, 1.54) is 18.2 Å². The second-order valence-corrected chi connectivity index (χ2v) is 6.84. The van der Waals surface area contributed by atoms with E-state index in [-0.39, 0.29) is 22.7 Å². The molecular weight excluding hydrogens is 385 g/mol. The van der Waals surface area contributed by atoms with E-state index < -0.39 is 29.0 Å². The molecule has 0 unspecified atom stereocenters. The van der Waals surface area contributed by atoms with Crippen LogP contribution in [0.15, 0.2) is 36.4 Å². The average molecular weight is 404 g/mol. The van der Waals surface area contributed by atoms with Crippen LogP contribution in [0.25, 0.3) is 11.4 Å². The predicted octanol–water partition coefficient (Wildman–Crippen LogP) is 3.80. The molecule has 6 nitrogen and oxygen atoms in total. The number of halogens is 3. The molecule has 3 aromatic rings. The SMILES string of the molecule is CCn1c(-c2ccc(C(N)=O)cc2F)nnc1C(C)(C)Oc1ccc(F)cc1F. The molecule has 0 aliphatic heterocycles. The lowest BCUT2D eigenvalue weighted by atomic mass is 10.1. The fourth-order valence-electron chi connectivity index (χ4n) is 2.98. The number of aromatic nitrogens is 3. The first-order valence-corrected chi connectivity index (χ1v) is 8.81. The van der Waals surface area contributed by atoms with E-state index in [9.17, 15) is 18.0 Å². The molecule has 1 amide bonds. The number of nitrogens with zero attached hydrogens (tertiary/aromatic N) is 3. The maximum atomic E-state index is 14.6. The monoisotopic (exact) mass is 404 g/mol. The Balaban J connectivity index is 2.01. The minimum Gasteiger partial charge on any atom is -0.477 e. The van der Waals surface area contributed by atoms with Crippen LogP contribution in [0.2, 0.25) is 0 Å². The van der Waals surface area contributed by atoms with Crippen LogP contribution in [0.5, 0.6) is 5.75 Å². The number of nitrogens with two attached hydrogens (primary N) is 1. The van der Waals surface area contributed by atoms with Crippen molar-refractivity contribution in [1.29, 1.82) is 0 Å². The van der Waals surface area contributed by atoms with Crippen molar-refractivity contribution in [3.05, 3.63) is 65.2 Å². The number of ether oxygens (including phenoxy) is 1. The average Bonchev–Trinajstić information content (AvgIpc) is 3.08. The lowest BCUT2D eigenvalue weighted by Crippen LogP contribution is -2.30. The van der Waals surface area contributed by atoms with Crippen LogP contribution in [0, 0.1) is 17.5 Å². The summed E-state index contributed by atoms with van der Waals surface area (Å²) in [6.45, 7) is 5.46. The van der Waals surface area contributed by atoms with E-state index in [2.05, 4.69) is 10.2 Å². The zero-order chi connectivity index (χ0) is 21.3. The van der Waals surface area contributed by atoms with Crippen LogP contribution >= 0.6 is 0 Å². The van der Waals surface area contributed by atoms with Gasteiger partial charge in [-0.3, -0.25) is 4.79 Å². The van der Waals surface area contributed by atoms with Gasteiger partial charge < -0.3 is 15.0 Å².